The van der Waals surface area contributed by atoms with Gasteiger partial charge in [-0.2, -0.15) is 0 Å². The Morgan fingerprint density at radius 3 is 1.86 bits per heavy atom. The number of fused-ring (bicyclic) bond motifs is 14. The van der Waals surface area contributed by atoms with Crippen molar-refractivity contribution in [3.05, 3.63) is 194 Å². The van der Waals surface area contributed by atoms with Crippen LogP contribution in [0.1, 0.15) is 0 Å². The number of rotatable bonds is 4. The summed E-state index contributed by atoms with van der Waals surface area (Å²) < 4.78 is 11.9. The molecule has 0 aliphatic carbocycles. The van der Waals surface area contributed by atoms with Gasteiger partial charge in [0.05, 0.1) is 16.7 Å². The largest absolute Gasteiger partial charge is 0.455 e. The minimum Gasteiger partial charge on any atom is -0.455 e. The molecule has 0 N–H and O–H groups in total. The van der Waals surface area contributed by atoms with Crippen molar-refractivity contribution in [2.75, 3.05) is 0 Å². The van der Waals surface area contributed by atoms with Crippen LogP contribution >= 0.6 is 11.3 Å². The highest BCUT2D eigenvalue weighted by molar-refractivity contribution is 7.25. The number of hydrogen-bond donors (Lipinski definition) is 0. The number of aromatic nitrogens is 4. The van der Waals surface area contributed by atoms with Crippen LogP contribution in [0.3, 0.4) is 0 Å². The second-order valence-electron chi connectivity index (χ2n) is 16.3. The maximum Gasteiger partial charge on any atom is 0.164 e. The highest BCUT2D eigenvalue weighted by Crippen LogP contribution is 2.46. The van der Waals surface area contributed by atoms with Crippen molar-refractivity contribution in [2.24, 2.45) is 0 Å². The number of benzene rings is 10. The van der Waals surface area contributed by atoms with Gasteiger partial charge in [0.1, 0.15) is 11.2 Å². The van der Waals surface area contributed by atoms with Gasteiger partial charge in [0.15, 0.2) is 17.5 Å². The molecule has 4 heterocycles. The van der Waals surface area contributed by atoms with Crippen LogP contribution in [-0.2, 0) is 0 Å². The van der Waals surface area contributed by atoms with E-state index in [1.54, 1.807) is 11.3 Å². The SMILES string of the molecule is c1ccc(-c2nc(-c3cccc4oc5c6ccccc6c(-n6c7cc8ccccc8cc7c7ccc8ccccc8c76)cc5c34)nc(-c3cccc4sc5ccccc5c34)n2)cc1. The lowest BCUT2D eigenvalue weighted by Gasteiger charge is -2.14. The zero-order chi connectivity index (χ0) is 41.2. The smallest absolute Gasteiger partial charge is 0.164 e. The van der Waals surface area contributed by atoms with Gasteiger partial charge in [-0.1, -0.05) is 158 Å². The molecule has 0 unspecified atom stereocenters. The molecule has 4 aromatic heterocycles. The molecule has 63 heavy (non-hydrogen) atoms. The second-order valence-corrected chi connectivity index (χ2v) is 17.4. The number of thiophene rings is 1. The van der Waals surface area contributed by atoms with E-state index >= 15 is 0 Å². The van der Waals surface area contributed by atoms with E-state index in [1.807, 2.05) is 24.3 Å². The number of hydrogen-bond acceptors (Lipinski definition) is 5. The van der Waals surface area contributed by atoms with Gasteiger partial charge in [0.2, 0.25) is 0 Å². The molecule has 14 aromatic rings. The Morgan fingerprint density at radius 1 is 0.397 bits per heavy atom. The Kier molecular flexibility index (Phi) is 7.21. The summed E-state index contributed by atoms with van der Waals surface area (Å²) in [6.45, 7) is 0. The van der Waals surface area contributed by atoms with E-state index in [2.05, 4.69) is 174 Å². The van der Waals surface area contributed by atoms with Crippen molar-refractivity contribution >= 4 is 108 Å². The third kappa shape index (κ3) is 5.07. The minimum absolute atomic E-state index is 0.590. The van der Waals surface area contributed by atoms with E-state index in [-0.39, 0.29) is 0 Å². The minimum atomic E-state index is 0.590. The fraction of sp³-hybridized carbons (Fsp3) is 0. The molecule has 0 bridgehead atoms. The van der Waals surface area contributed by atoms with Gasteiger partial charge >= 0.3 is 0 Å². The Labute approximate surface area is 363 Å². The van der Waals surface area contributed by atoms with E-state index in [4.69, 9.17) is 19.4 Å². The van der Waals surface area contributed by atoms with Gasteiger partial charge in [-0.25, -0.2) is 15.0 Å². The van der Waals surface area contributed by atoms with Crippen molar-refractivity contribution in [3.8, 4) is 39.9 Å². The zero-order valence-corrected chi connectivity index (χ0v) is 34.4. The molecule has 10 aromatic carbocycles. The van der Waals surface area contributed by atoms with E-state index in [0.29, 0.717) is 17.5 Å². The van der Waals surface area contributed by atoms with E-state index < -0.39 is 0 Å². The van der Waals surface area contributed by atoms with Crippen LogP contribution in [0.15, 0.2) is 199 Å². The van der Waals surface area contributed by atoms with Crippen molar-refractivity contribution in [1.82, 2.24) is 19.5 Å². The van der Waals surface area contributed by atoms with Gasteiger partial charge in [-0.05, 0) is 52.6 Å². The van der Waals surface area contributed by atoms with Crippen molar-refractivity contribution in [2.45, 2.75) is 0 Å². The van der Waals surface area contributed by atoms with Crippen LogP contribution in [0, 0.1) is 0 Å². The first-order valence-electron chi connectivity index (χ1n) is 21.2. The fourth-order valence-electron chi connectivity index (χ4n) is 10.0. The highest BCUT2D eigenvalue weighted by atomic mass is 32.1. The first kappa shape index (κ1) is 34.5. The van der Waals surface area contributed by atoms with Gasteiger partial charge in [0, 0.05) is 74.6 Å². The molecule has 0 saturated heterocycles. The summed E-state index contributed by atoms with van der Waals surface area (Å²) in [5.74, 6) is 1.84. The molecule has 0 spiro atoms. The van der Waals surface area contributed by atoms with Gasteiger partial charge < -0.3 is 8.98 Å². The summed E-state index contributed by atoms with van der Waals surface area (Å²) in [7, 11) is 0. The van der Waals surface area contributed by atoms with Crippen LogP contribution < -0.4 is 0 Å². The molecule has 5 nitrogen and oxygen atoms in total. The van der Waals surface area contributed by atoms with E-state index in [9.17, 15) is 0 Å². The topological polar surface area (TPSA) is 56.7 Å². The standard InChI is InChI=1S/C57H32N4OS/c1-2-15-34(16-3-1)55-58-56(60-57(59-55)43-24-13-27-50-52(43)41-22-10-11-26-49(41)63-50)42-23-12-25-48-51(42)45-32-47(38-20-8-9-21-40(38)54(45)62-48)61-46-31-36-18-5-4-17-35(36)30-44(46)39-29-28-33-14-6-7-19-37(33)53(39)61/h1-32H. The molecule has 0 fully saturated rings. The van der Waals surface area contributed by atoms with Crippen LogP contribution in [0.5, 0.6) is 0 Å². The quantitative estimate of drug-likeness (QED) is 0.177. The summed E-state index contributed by atoms with van der Waals surface area (Å²) in [5, 5.41) is 13.7. The average Bonchev–Trinajstić information content (AvgIpc) is 4.03. The summed E-state index contributed by atoms with van der Waals surface area (Å²) in [5.41, 5.74) is 7.82. The molecule has 0 aliphatic heterocycles. The van der Waals surface area contributed by atoms with Crippen LogP contribution in [-0.4, -0.2) is 19.5 Å². The zero-order valence-electron chi connectivity index (χ0n) is 33.6. The summed E-state index contributed by atoms with van der Waals surface area (Å²) in [6.07, 6.45) is 0. The Morgan fingerprint density at radius 2 is 1.03 bits per heavy atom. The Hall–Kier alpha value is -8.19. The van der Waals surface area contributed by atoms with Gasteiger partial charge in [-0.3, -0.25) is 0 Å². The predicted molar refractivity (Wildman–Crippen MR) is 263 cm³/mol. The van der Waals surface area contributed by atoms with Gasteiger partial charge in [0.25, 0.3) is 0 Å². The Bertz CT molecular complexity index is 4220. The van der Waals surface area contributed by atoms with E-state index in [0.717, 1.165) is 66.0 Å². The molecule has 0 aliphatic rings. The molecule has 0 amide bonds. The summed E-state index contributed by atoms with van der Waals surface area (Å²) >= 11 is 1.79. The third-order valence-corrected chi connectivity index (χ3v) is 13.9. The number of nitrogens with zero attached hydrogens (tertiary/aromatic N) is 4. The van der Waals surface area contributed by atoms with Gasteiger partial charge in [-0.15, -0.1) is 11.3 Å². The first-order chi connectivity index (χ1) is 31.2. The fourth-order valence-corrected chi connectivity index (χ4v) is 11.1. The van der Waals surface area contributed by atoms with Crippen molar-refractivity contribution < 1.29 is 4.42 Å². The van der Waals surface area contributed by atoms with Crippen molar-refractivity contribution in [1.29, 1.82) is 0 Å². The second kappa shape index (κ2) is 13.2. The lowest BCUT2D eigenvalue weighted by atomic mass is 10.0. The number of furan rings is 1. The van der Waals surface area contributed by atoms with Crippen LogP contribution in [0.4, 0.5) is 0 Å². The highest BCUT2D eigenvalue weighted by Gasteiger charge is 2.24. The van der Waals surface area contributed by atoms with Crippen LogP contribution in [0.2, 0.25) is 0 Å². The molecule has 0 atom stereocenters. The predicted octanol–water partition coefficient (Wildman–Crippen LogP) is 15.7. The lowest BCUT2D eigenvalue weighted by Crippen LogP contribution is -2.00. The maximum absolute atomic E-state index is 6.95. The molecular weight excluding hydrogens is 789 g/mol. The average molecular weight is 821 g/mol. The molecule has 14 rings (SSSR count). The molecular formula is C57H32N4OS. The first-order valence-corrected chi connectivity index (χ1v) is 22.0. The van der Waals surface area contributed by atoms with Crippen molar-refractivity contribution in [3.63, 3.8) is 0 Å². The molecule has 0 saturated carbocycles. The lowest BCUT2D eigenvalue weighted by molar-refractivity contribution is 0.672. The maximum atomic E-state index is 6.95. The summed E-state index contributed by atoms with van der Waals surface area (Å²) in [6, 6.07) is 69.1. The monoisotopic (exact) mass is 820 g/mol. The normalized spacial score (nSPS) is 12.1. The third-order valence-electron chi connectivity index (χ3n) is 12.8. The molecule has 6 heteroatoms. The molecule has 0 radical (unpaired) electrons. The Balaban J connectivity index is 1.10. The summed E-state index contributed by atoms with van der Waals surface area (Å²) in [4.78, 5) is 15.9. The van der Waals surface area contributed by atoms with Crippen LogP contribution in [0.25, 0.3) is 136 Å². The van der Waals surface area contributed by atoms with E-state index in [1.165, 1.54) is 52.6 Å². The molecule has 292 valence electrons.